The first-order valence-corrected chi connectivity index (χ1v) is 5.60. The van der Waals surface area contributed by atoms with Crippen LogP contribution in [0.15, 0.2) is 12.1 Å². The second-order valence-electron chi connectivity index (χ2n) is 3.33. The van der Waals surface area contributed by atoms with E-state index >= 15 is 0 Å². The van der Waals surface area contributed by atoms with Crippen LogP contribution in [0.1, 0.15) is 12.6 Å². The van der Waals surface area contributed by atoms with Crippen LogP contribution in [-0.2, 0) is 11.3 Å². The monoisotopic (exact) mass is 261 g/mol. The van der Waals surface area contributed by atoms with Crippen molar-refractivity contribution in [1.29, 1.82) is 0 Å². The van der Waals surface area contributed by atoms with Crippen LogP contribution in [0.5, 0.6) is 0 Å². The summed E-state index contributed by atoms with van der Waals surface area (Å²) in [6.07, 6.45) is 0. The van der Waals surface area contributed by atoms with Crippen LogP contribution in [0.3, 0.4) is 0 Å². The molecule has 0 bridgehead atoms. The van der Waals surface area contributed by atoms with Gasteiger partial charge in [0.15, 0.2) is 0 Å². The van der Waals surface area contributed by atoms with Crippen molar-refractivity contribution in [2.75, 3.05) is 13.1 Å². The van der Waals surface area contributed by atoms with Gasteiger partial charge in [-0.2, -0.15) is 0 Å². The molecule has 2 N–H and O–H groups in total. The fraction of sp³-hybridized carbons (Fsp3) is 0.400. The summed E-state index contributed by atoms with van der Waals surface area (Å²) in [5.74, 6) is -0.375. The third kappa shape index (κ3) is 3.96. The Bertz CT molecular complexity index is 384. The van der Waals surface area contributed by atoms with Gasteiger partial charge in [-0.15, -0.1) is 0 Å². The summed E-state index contributed by atoms with van der Waals surface area (Å²) in [7, 11) is 0. The highest BCUT2D eigenvalue weighted by Crippen LogP contribution is 2.18. The molecule has 6 heteroatoms. The molecule has 0 aliphatic rings. The molecule has 4 nitrogen and oxygen atoms in total. The van der Waals surface area contributed by atoms with Gasteiger partial charge in [0.05, 0.1) is 17.3 Å². The summed E-state index contributed by atoms with van der Waals surface area (Å²) in [4.78, 5) is 16.8. The van der Waals surface area contributed by atoms with Crippen LogP contribution >= 0.6 is 23.2 Å². The predicted octanol–water partition coefficient (Wildman–Crippen LogP) is 1.70. The summed E-state index contributed by atoms with van der Waals surface area (Å²) in [5.41, 5.74) is 5.78. The van der Waals surface area contributed by atoms with Crippen LogP contribution in [0.25, 0.3) is 0 Å². The number of primary amides is 1. The Labute approximate surface area is 104 Å². The lowest BCUT2D eigenvalue weighted by Crippen LogP contribution is -2.33. The molecule has 1 aromatic rings. The van der Waals surface area contributed by atoms with Crippen molar-refractivity contribution in [3.05, 3.63) is 28.0 Å². The van der Waals surface area contributed by atoms with Gasteiger partial charge in [0.1, 0.15) is 5.15 Å². The molecule has 0 fully saturated rings. The van der Waals surface area contributed by atoms with Crippen molar-refractivity contribution in [3.63, 3.8) is 0 Å². The molecule has 1 heterocycles. The van der Waals surface area contributed by atoms with Gasteiger partial charge in [0, 0.05) is 6.54 Å². The van der Waals surface area contributed by atoms with Crippen molar-refractivity contribution >= 4 is 29.1 Å². The first kappa shape index (κ1) is 13.2. The number of nitrogens with zero attached hydrogens (tertiary/aromatic N) is 2. The van der Waals surface area contributed by atoms with Crippen molar-refractivity contribution in [1.82, 2.24) is 9.88 Å². The van der Waals surface area contributed by atoms with E-state index in [1.54, 1.807) is 12.1 Å². The fourth-order valence-corrected chi connectivity index (χ4v) is 1.61. The summed E-state index contributed by atoms with van der Waals surface area (Å²) in [6, 6.07) is 3.31. The maximum absolute atomic E-state index is 10.8. The van der Waals surface area contributed by atoms with Gasteiger partial charge in [-0.25, -0.2) is 4.98 Å². The second kappa shape index (κ2) is 6.03. The summed E-state index contributed by atoms with van der Waals surface area (Å²) in [5, 5.41) is 0.918. The van der Waals surface area contributed by atoms with E-state index < -0.39 is 0 Å². The number of halogens is 2. The Balaban J connectivity index is 2.77. The zero-order valence-corrected chi connectivity index (χ0v) is 10.4. The minimum absolute atomic E-state index is 0.182. The maximum Gasteiger partial charge on any atom is 0.231 e. The van der Waals surface area contributed by atoms with Crippen molar-refractivity contribution < 1.29 is 4.79 Å². The molecule has 1 amide bonds. The molecule has 0 saturated carbocycles. The maximum atomic E-state index is 10.8. The molecular formula is C10H13Cl2N3O. The molecule has 1 aromatic heterocycles. The minimum Gasteiger partial charge on any atom is -0.369 e. The average Bonchev–Trinajstić information content (AvgIpc) is 2.21. The number of pyridine rings is 1. The van der Waals surface area contributed by atoms with Gasteiger partial charge < -0.3 is 5.73 Å². The summed E-state index contributed by atoms with van der Waals surface area (Å²) in [6.45, 7) is 3.26. The Morgan fingerprint density at radius 2 is 2.19 bits per heavy atom. The zero-order chi connectivity index (χ0) is 12.1. The molecule has 0 aliphatic heterocycles. The first-order chi connectivity index (χ1) is 7.52. The van der Waals surface area contributed by atoms with Crippen molar-refractivity contribution in [3.8, 4) is 0 Å². The minimum atomic E-state index is -0.375. The van der Waals surface area contributed by atoms with Crippen molar-refractivity contribution in [2.24, 2.45) is 5.73 Å². The molecule has 0 unspecified atom stereocenters. The fourth-order valence-electron chi connectivity index (χ4n) is 1.28. The topological polar surface area (TPSA) is 59.2 Å². The zero-order valence-electron chi connectivity index (χ0n) is 8.91. The summed E-state index contributed by atoms with van der Waals surface area (Å²) < 4.78 is 0. The van der Waals surface area contributed by atoms with Crippen LogP contribution in [0.2, 0.25) is 10.2 Å². The number of likely N-dealkylation sites (N-methyl/N-ethyl adjacent to an activating group) is 1. The molecule has 0 aliphatic carbocycles. The van der Waals surface area contributed by atoms with E-state index in [9.17, 15) is 4.79 Å². The van der Waals surface area contributed by atoms with E-state index in [1.165, 1.54) is 0 Å². The standard InChI is InChI=1S/C10H13Cl2N3O/c1-2-15(6-10(13)16)5-8-7(11)3-4-9(12)14-8/h3-4H,2,5-6H2,1H3,(H2,13,16). The summed E-state index contributed by atoms with van der Waals surface area (Å²) >= 11 is 11.7. The number of rotatable bonds is 5. The lowest BCUT2D eigenvalue weighted by Gasteiger charge is -2.18. The predicted molar refractivity (Wildman–Crippen MR) is 64.4 cm³/mol. The quantitative estimate of drug-likeness (QED) is 0.821. The van der Waals surface area contributed by atoms with E-state index in [2.05, 4.69) is 4.98 Å². The first-order valence-electron chi connectivity index (χ1n) is 4.84. The van der Waals surface area contributed by atoms with Crippen LogP contribution < -0.4 is 5.73 Å². The molecule has 0 aromatic carbocycles. The van der Waals surface area contributed by atoms with Gasteiger partial charge in [-0.1, -0.05) is 30.1 Å². The molecule has 0 spiro atoms. The third-order valence-corrected chi connectivity index (χ3v) is 2.64. The number of hydrogen-bond acceptors (Lipinski definition) is 3. The highest BCUT2D eigenvalue weighted by molar-refractivity contribution is 6.32. The SMILES string of the molecule is CCN(CC(N)=O)Cc1nc(Cl)ccc1Cl. The van der Waals surface area contributed by atoms with Crippen molar-refractivity contribution in [2.45, 2.75) is 13.5 Å². The van der Waals surface area contributed by atoms with E-state index in [-0.39, 0.29) is 12.5 Å². The normalized spacial score (nSPS) is 10.8. The van der Waals surface area contributed by atoms with Crippen LogP contribution in [0.4, 0.5) is 0 Å². The van der Waals surface area contributed by atoms with Gasteiger partial charge in [0.25, 0.3) is 0 Å². The largest absolute Gasteiger partial charge is 0.369 e. The van der Waals surface area contributed by atoms with Gasteiger partial charge in [-0.3, -0.25) is 9.69 Å². The second-order valence-corrected chi connectivity index (χ2v) is 4.13. The van der Waals surface area contributed by atoms with Crippen LogP contribution in [0, 0.1) is 0 Å². The molecule has 0 radical (unpaired) electrons. The number of aromatic nitrogens is 1. The lowest BCUT2D eigenvalue weighted by atomic mass is 10.3. The Hall–Kier alpha value is -0.840. The highest BCUT2D eigenvalue weighted by atomic mass is 35.5. The molecule has 0 saturated heterocycles. The van der Waals surface area contributed by atoms with E-state index in [0.717, 1.165) is 0 Å². The Morgan fingerprint density at radius 1 is 1.50 bits per heavy atom. The molecule has 16 heavy (non-hydrogen) atoms. The molecule has 88 valence electrons. The molecular weight excluding hydrogens is 249 g/mol. The Kier molecular flexibility index (Phi) is 4.99. The van der Waals surface area contributed by atoms with Gasteiger partial charge in [0.2, 0.25) is 5.91 Å². The smallest absolute Gasteiger partial charge is 0.231 e. The molecule has 1 rings (SSSR count). The highest BCUT2D eigenvalue weighted by Gasteiger charge is 2.10. The van der Waals surface area contributed by atoms with E-state index in [4.69, 9.17) is 28.9 Å². The van der Waals surface area contributed by atoms with E-state index in [1.807, 2.05) is 11.8 Å². The number of hydrogen-bond donors (Lipinski definition) is 1. The number of carbonyl (C=O) groups is 1. The number of nitrogens with two attached hydrogens (primary N) is 1. The number of amides is 1. The average molecular weight is 262 g/mol. The Morgan fingerprint density at radius 3 is 2.75 bits per heavy atom. The van der Waals surface area contributed by atoms with Crippen LogP contribution in [-0.4, -0.2) is 28.9 Å². The third-order valence-electron chi connectivity index (χ3n) is 2.08. The van der Waals surface area contributed by atoms with Gasteiger partial charge >= 0.3 is 0 Å². The number of carbonyl (C=O) groups excluding carboxylic acids is 1. The van der Waals surface area contributed by atoms with E-state index in [0.29, 0.717) is 29.0 Å². The molecule has 0 atom stereocenters. The van der Waals surface area contributed by atoms with Gasteiger partial charge in [-0.05, 0) is 18.7 Å². The lowest BCUT2D eigenvalue weighted by molar-refractivity contribution is -0.119.